The Morgan fingerprint density at radius 2 is 1.75 bits per heavy atom. The van der Waals surface area contributed by atoms with Gasteiger partial charge in [-0.05, 0) is 36.1 Å². The van der Waals surface area contributed by atoms with Gasteiger partial charge >= 0.3 is 0 Å². The number of nitrogens with one attached hydrogen (secondary N) is 2. The van der Waals surface area contributed by atoms with Gasteiger partial charge in [-0.15, -0.1) is 0 Å². The average molecular weight is 381 g/mol. The van der Waals surface area contributed by atoms with Gasteiger partial charge in [0.15, 0.2) is 6.10 Å². The number of hydrogen-bond acceptors (Lipinski definition) is 4. The van der Waals surface area contributed by atoms with Gasteiger partial charge in [0, 0.05) is 12.7 Å². The summed E-state index contributed by atoms with van der Waals surface area (Å²) in [5.74, 6) is 0.297. The van der Waals surface area contributed by atoms with E-state index in [9.17, 15) is 9.59 Å². The van der Waals surface area contributed by atoms with Crippen LogP contribution in [0, 0.1) is 0 Å². The summed E-state index contributed by atoms with van der Waals surface area (Å²) in [6.45, 7) is 4.63. The van der Waals surface area contributed by atoms with E-state index in [1.807, 2.05) is 47.4 Å². The number of ether oxygens (including phenoxy) is 1. The first-order valence-corrected chi connectivity index (χ1v) is 9.70. The van der Waals surface area contributed by atoms with E-state index in [2.05, 4.69) is 24.5 Å². The number of anilines is 2. The van der Waals surface area contributed by atoms with E-state index in [-0.39, 0.29) is 18.4 Å². The number of fused-ring (bicyclic) bond motifs is 1. The van der Waals surface area contributed by atoms with E-state index in [0.29, 0.717) is 12.3 Å². The van der Waals surface area contributed by atoms with Gasteiger partial charge in [0.2, 0.25) is 5.91 Å². The number of aryl methyl sites for hydroxylation is 2. The summed E-state index contributed by atoms with van der Waals surface area (Å²) in [5.41, 5.74) is 3.97. The van der Waals surface area contributed by atoms with Crippen molar-refractivity contribution in [1.29, 1.82) is 0 Å². The molecule has 3 rings (SSSR count). The molecule has 1 atom stereocenters. The van der Waals surface area contributed by atoms with Crippen LogP contribution >= 0.6 is 0 Å². The minimum absolute atomic E-state index is 0.108. The predicted octanol–water partition coefficient (Wildman–Crippen LogP) is 2.76. The topological polar surface area (TPSA) is 70.7 Å². The molecule has 0 bridgehead atoms. The maximum absolute atomic E-state index is 12.9. The molecule has 0 spiro atoms. The van der Waals surface area contributed by atoms with Crippen LogP contribution in [0.1, 0.15) is 25.0 Å². The number of amides is 2. The standard InChI is InChI=1S/C22H27N3O3/c1-4-15-9-8-10-16(5-2)21(15)24-20(26)14-25-13-19(22(27)23-3)28-18-12-7-6-11-17(18)25/h6-12,19H,4-5,13-14H2,1-3H3,(H,23,27)(H,24,26). The van der Waals surface area contributed by atoms with Crippen LogP contribution in [0.4, 0.5) is 11.4 Å². The lowest BCUT2D eigenvalue weighted by Gasteiger charge is -2.35. The van der Waals surface area contributed by atoms with Gasteiger partial charge in [-0.1, -0.05) is 44.2 Å². The number of carbonyl (C=O) groups is 2. The summed E-state index contributed by atoms with van der Waals surface area (Å²) in [6.07, 6.45) is 1.05. The van der Waals surface area contributed by atoms with Crippen molar-refractivity contribution in [1.82, 2.24) is 5.32 Å². The van der Waals surface area contributed by atoms with Crippen molar-refractivity contribution in [2.75, 3.05) is 30.4 Å². The van der Waals surface area contributed by atoms with E-state index in [0.717, 1.165) is 35.3 Å². The minimum Gasteiger partial charge on any atom is -0.477 e. The highest BCUT2D eigenvalue weighted by atomic mass is 16.5. The van der Waals surface area contributed by atoms with Gasteiger partial charge in [-0.3, -0.25) is 9.59 Å². The Bertz CT molecular complexity index is 844. The SMILES string of the molecule is CCc1cccc(CC)c1NC(=O)CN1CC(C(=O)NC)Oc2ccccc21. The molecule has 0 fully saturated rings. The van der Waals surface area contributed by atoms with Crippen molar-refractivity contribution in [2.24, 2.45) is 0 Å². The lowest BCUT2D eigenvalue weighted by Crippen LogP contribution is -2.50. The summed E-state index contributed by atoms with van der Waals surface area (Å²) < 4.78 is 5.80. The summed E-state index contributed by atoms with van der Waals surface area (Å²) in [6, 6.07) is 13.6. The summed E-state index contributed by atoms with van der Waals surface area (Å²) in [7, 11) is 1.58. The van der Waals surface area contributed by atoms with Crippen LogP contribution in [-0.2, 0) is 22.4 Å². The van der Waals surface area contributed by atoms with E-state index >= 15 is 0 Å². The van der Waals surface area contributed by atoms with Gasteiger partial charge in [-0.25, -0.2) is 0 Å². The fourth-order valence-corrected chi connectivity index (χ4v) is 3.51. The third-order valence-corrected chi connectivity index (χ3v) is 5.00. The van der Waals surface area contributed by atoms with Crippen LogP contribution in [-0.4, -0.2) is 38.1 Å². The number of benzene rings is 2. The molecule has 1 aliphatic heterocycles. The summed E-state index contributed by atoms with van der Waals surface area (Å²) >= 11 is 0. The van der Waals surface area contributed by atoms with Crippen LogP contribution in [0.5, 0.6) is 5.75 Å². The first kappa shape index (κ1) is 19.7. The smallest absolute Gasteiger partial charge is 0.262 e. The highest BCUT2D eigenvalue weighted by molar-refractivity contribution is 5.96. The third-order valence-electron chi connectivity index (χ3n) is 5.00. The Balaban J connectivity index is 1.81. The van der Waals surface area contributed by atoms with Gasteiger partial charge in [0.1, 0.15) is 5.75 Å². The Morgan fingerprint density at radius 3 is 2.39 bits per heavy atom. The molecule has 0 aliphatic carbocycles. The Labute approximate surface area is 165 Å². The molecule has 0 saturated carbocycles. The Kier molecular flexibility index (Phi) is 6.19. The zero-order valence-corrected chi connectivity index (χ0v) is 16.6. The summed E-state index contributed by atoms with van der Waals surface area (Å²) in [4.78, 5) is 26.9. The maximum atomic E-state index is 12.9. The van der Waals surface area contributed by atoms with Crippen LogP contribution < -0.4 is 20.3 Å². The molecule has 2 amide bonds. The zero-order valence-electron chi connectivity index (χ0n) is 16.6. The molecule has 1 unspecified atom stereocenters. The number of carbonyl (C=O) groups excluding carboxylic acids is 2. The minimum atomic E-state index is -0.651. The summed E-state index contributed by atoms with van der Waals surface area (Å²) in [5, 5.41) is 5.71. The predicted molar refractivity (Wildman–Crippen MR) is 111 cm³/mol. The average Bonchev–Trinajstić information content (AvgIpc) is 2.73. The van der Waals surface area contributed by atoms with Crippen molar-refractivity contribution in [3.8, 4) is 5.75 Å². The van der Waals surface area contributed by atoms with Gasteiger partial charge in [0.25, 0.3) is 5.91 Å². The number of para-hydroxylation sites is 3. The van der Waals surface area contributed by atoms with E-state index in [1.165, 1.54) is 0 Å². The molecule has 148 valence electrons. The molecule has 6 nitrogen and oxygen atoms in total. The zero-order chi connectivity index (χ0) is 20.1. The molecule has 6 heteroatoms. The lowest BCUT2D eigenvalue weighted by atomic mass is 10.0. The van der Waals surface area contributed by atoms with E-state index < -0.39 is 6.10 Å². The van der Waals surface area contributed by atoms with Gasteiger partial charge in [-0.2, -0.15) is 0 Å². The molecule has 0 radical (unpaired) electrons. The van der Waals surface area contributed by atoms with Crippen LogP contribution in [0.15, 0.2) is 42.5 Å². The first-order valence-electron chi connectivity index (χ1n) is 9.70. The molecule has 0 aromatic heterocycles. The molecule has 2 aromatic carbocycles. The van der Waals surface area contributed by atoms with Crippen molar-refractivity contribution < 1.29 is 14.3 Å². The fourth-order valence-electron chi connectivity index (χ4n) is 3.51. The van der Waals surface area contributed by atoms with Gasteiger partial charge in [0.05, 0.1) is 18.8 Å². The van der Waals surface area contributed by atoms with Crippen molar-refractivity contribution >= 4 is 23.2 Å². The molecular formula is C22H27N3O3. The molecule has 28 heavy (non-hydrogen) atoms. The second-order valence-electron chi connectivity index (χ2n) is 6.78. The van der Waals surface area contributed by atoms with Gasteiger partial charge < -0.3 is 20.3 Å². The molecule has 2 N–H and O–H groups in total. The molecular weight excluding hydrogens is 354 g/mol. The Hall–Kier alpha value is -3.02. The normalized spacial score (nSPS) is 15.4. The monoisotopic (exact) mass is 381 g/mol. The number of hydrogen-bond donors (Lipinski definition) is 2. The lowest BCUT2D eigenvalue weighted by molar-refractivity contribution is -0.127. The second kappa shape index (κ2) is 8.78. The van der Waals surface area contributed by atoms with Crippen LogP contribution in [0.3, 0.4) is 0 Å². The highest BCUT2D eigenvalue weighted by Gasteiger charge is 2.31. The van der Waals surface area contributed by atoms with E-state index in [4.69, 9.17) is 4.74 Å². The highest BCUT2D eigenvalue weighted by Crippen LogP contribution is 2.33. The number of nitrogens with zero attached hydrogens (tertiary/aromatic N) is 1. The molecule has 1 heterocycles. The van der Waals surface area contributed by atoms with E-state index in [1.54, 1.807) is 7.05 Å². The van der Waals surface area contributed by atoms with Crippen molar-refractivity contribution in [3.05, 3.63) is 53.6 Å². The second-order valence-corrected chi connectivity index (χ2v) is 6.78. The maximum Gasteiger partial charge on any atom is 0.262 e. The van der Waals surface area contributed by atoms with Crippen molar-refractivity contribution in [3.63, 3.8) is 0 Å². The largest absolute Gasteiger partial charge is 0.477 e. The van der Waals surface area contributed by atoms with Crippen LogP contribution in [0.25, 0.3) is 0 Å². The Morgan fingerprint density at radius 1 is 1.07 bits per heavy atom. The third kappa shape index (κ3) is 4.11. The first-order chi connectivity index (χ1) is 13.6. The fraction of sp³-hybridized carbons (Fsp3) is 0.364. The molecule has 2 aromatic rings. The number of likely N-dealkylation sites (N-methyl/N-ethyl adjacent to an activating group) is 1. The van der Waals surface area contributed by atoms with Crippen LogP contribution in [0.2, 0.25) is 0 Å². The van der Waals surface area contributed by atoms with Crippen molar-refractivity contribution in [2.45, 2.75) is 32.8 Å². The molecule has 1 aliphatic rings. The molecule has 0 saturated heterocycles. The number of rotatable bonds is 6. The quantitative estimate of drug-likeness (QED) is 0.807.